The molecule has 1 aliphatic rings. The van der Waals surface area contributed by atoms with Crippen LogP contribution >= 0.6 is 11.8 Å². The monoisotopic (exact) mass is 186 g/mol. The first-order valence-corrected chi connectivity index (χ1v) is 4.86. The van der Waals surface area contributed by atoms with E-state index in [2.05, 4.69) is 0 Å². The molecular weight excluding hydrogens is 178 g/mol. The maximum Gasteiger partial charge on any atom is 0.159 e. The molecule has 0 amide bonds. The van der Waals surface area contributed by atoms with E-state index in [1.807, 2.05) is 0 Å². The Morgan fingerprint density at radius 2 is 1.92 bits per heavy atom. The molecule has 64 valence electrons. The van der Waals surface area contributed by atoms with Gasteiger partial charge >= 0.3 is 0 Å². The van der Waals surface area contributed by atoms with Gasteiger partial charge in [-0.1, -0.05) is 0 Å². The lowest BCUT2D eigenvalue weighted by Crippen LogP contribution is -2.00. The number of hydrogen-bond donors (Lipinski definition) is 0. The van der Waals surface area contributed by atoms with Gasteiger partial charge in [-0.3, -0.25) is 0 Å². The van der Waals surface area contributed by atoms with Crippen LogP contribution in [-0.4, -0.2) is 5.75 Å². The third-order valence-corrected chi connectivity index (χ3v) is 3.14. The van der Waals surface area contributed by atoms with Crippen LogP contribution in [0.4, 0.5) is 8.78 Å². The zero-order valence-corrected chi connectivity index (χ0v) is 7.26. The van der Waals surface area contributed by atoms with E-state index in [1.54, 1.807) is 11.8 Å². The van der Waals surface area contributed by atoms with E-state index in [4.69, 9.17) is 0 Å². The van der Waals surface area contributed by atoms with Gasteiger partial charge in [0.2, 0.25) is 0 Å². The Hall–Kier alpha value is -0.570. The van der Waals surface area contributed by atoms with Crippen LogP contribution in [-0.2, 0) is 6.42 Å². The molecule has 1 heterocycles. The van der Waals surface area contributed by atoms with E-state index in [-0.39, 0.29) is 0 Å². The fraction of sp³-hybridized carbons (Fsp3) is 0.333. The van der Waals surface area contributed by atoms with E-state index in [0.29, 0.717) is 0 Å². The van der Waals surface area contributed by atoms with Crippen LogP contribution in [0.2, 0.25) is 0 Å². The second-order valence-electron chi connectivity index (χ2n) is 2.83. The zero-order chi connectivity index (χ0) is 8.55. The molecule has 0 aliphatic carbocycles. The molecule has 1 aromatic rings. The molecule has 0 N–H and O–H groups in total. The van der Waals surface area contributed by atoms with E-state index in [0.717, 1.165) is 29.1 Å². The van der Waals surface area contributed by atoms with Gasteiger partial charge in [-0.25, -0.2) is 8.78 Å². The highest BCUT2D eigenvalue weighted by atomic mass is 32.2. The Morgan fingerprint density at radius 3 is 2.75 bits per heavy atom. The summed E-state index contributed by atoms with van der Waals surface area (Å²) in [5, 5.41) is 0. The van der Waals surface area contributed by atoms with Gasteiger partial charge in [0, 0.05) is 4.90 Å². The van der Waals surface area contributed by atoms with Crippen molar-refractivity contribution in [3.05, 3.63) is 29.3 Å². The van der Waals surface area contributed by atoms with E-state index in [9.17, 15) is 8.78 Å². The predicted octanol–water partition coefficient (Wildman–Crippen LogP) is 3.00. The summed E-state index contributed by atoms with van der Waals surface area (Å²) in [6.45, 7) is 0. The van der Waals surface area contributed by atoms with Crippen LogP contribution in [0.5, 0.6) is 0 Å². The van der Waals surface area contributed by atoms with Gasteiger partial charge < -0.3 is 0 Å². The van der Waals surface area contributed by atoms with Crippen molar-refractivity contribution in [3.63, 3.8) is 0 Å². The number of halogens is 2. The third kappa shape index (κ3) is 1.33. The van der Waals surface area contributed by atoms with E-state index >= 15 is 0 Å². The first kappa shape index (κ1) is 8.05. The molecule has 0 unspecified atom stereocenters. The van der Waals surface area contributed by atoms with Crippen molar-refractivity contribution in [2.24, 2.45) is 0 Å². The Kier molecular flexibility index (Phi) is 2.05. The number of hydrogen-bond acceptors (Lipinski definition) is 1. The summed E-state index contributed by atoms with van der Waals surface area (Å²) in [4.78, 5) is 0.903. The lowest BCUT2D eigenvalue weighted by atomic mass is 10.1. The summed E-state index contributed by atoms with van der Waals surface area (Å²) >= 11 is 1.60. The van der Waals surface area contributed by atoms with Crippen LogP contribution < -0.4 is 0 Å². The number of benzene rings is 1. The van der Waals surface area contributed by atoms with Gasteiger partial charge in [0.1, 0.15) is 0 Å². The molecular formula is C9H8F2S. The standard InChI is InChI=1S/C9H8F2S/c10-7-4-6-2-1-3-12-9(6)5-8(7)11/h4-5H,1-3H2. The average molecular weight is 186 g/mol. The van der Waals surface area contributed by atoms with Crippen molar-refractivity contribution in [2.75, 3.05) is 5.75 Å². The minimum atomic E-state index is -0.733. The Balaban J connectivity index is 2.49. The van der Waals surface area contributed by atoms with E-state index in [1.165, 1.54) is 12.1 Å². The van der Waals surface area contributed by atoms with Crippen LogP contribution in [0.15, 0.2) is 17.0 Å². The molecule has 2 rings (SSSR count). The molecule has 0 fully saturated rings. The maximum atomic E-state index is 12.7. The van der Waals surface area contributed by atoms with Crippen molar-refractivity contribution in [1.29, 1.82) is 0 Å². The summed E-state index contributed by atoms with van der Waals surface area (Å²) in [7, 11) is 0. The molecule has 1 aliphatic heterocycles. The van der Waals surface area contributed by atoms with Crippen LogP contribution in [0, 0.1) is 11.6 Å². The summed E-state index contributed by atoms with van der Waals surface area (Å²) < 4.78 is 25.4. The molecule has 0 aromatic heterocycles. The largest absolute Gasteiger partial charge is 0.204 e. The lowest BCUT2D eigenvalue weighted by Gasteiger charge is -2.14. The second-order valence-corrected chi connectivity index (χ2v) is 3.96. The predicted molar refractivity (Wildman–Crippen MR) is 45.4 cm³/mol. The SMILES string of the molecule is Fc1cc2c(cc1F)SCCC2. The zero-order valence-electron chi connectivity index (χ0n) is 6.44. The van der Waals surface area contributed by atoms with Gasteiger partial charge in [0.05, 0.1) is 0 Å². The van der Waals surface area contributed by atoms with Crippen molar-refractivity contribution >= 4 is 11.8 Å². The quantitative estimate of drug-likeness (QED) is 0.600. The van der Waals surface area contributed by atoms with Gasteiger partial charge in [-0.05, 0) is 36.3 Å². The number of aryl methyl sites for hydroxylation is 1. The molecule has 0 spiro atoms. The minimum absolute atomic E-state index is 0.726. The number of thioether (sulfide) groups is 1. The summed E-state index contributed by atoms with van der Waals surface area (Å²) in [6.07, 6.45) is 1.93. The third-order valence-electron chi connectivity index (χ3n) is 1.95. The molecule has 0 atom stereocenters. The van der Waals surface area contributed by atoms with Gasteiger partial charge in [-0.2, -0.15) is 0 Å². The average Bonchev–Trinajstić information content (AvgIpc) is 2.07. The number of fused-ring (bicyclic) bond motifs is 1. The fourth-order valence-electron chi connectivity index (χ4n) is 1.34. The Morgan fingerprint density at radius 1 is 1.17 bits per heavy atom. The topological polar surface area (TPSA) is 0 Å². The highest BCUT2D eigenvalue weighted by Gasteiger charge is 2.13. The summed E-state index contributed by atoms with van der Waals surface area (Å²) in [5.74, 6) is -0.447. The lowest BCUT2D eigenvalue weighted by molar-refractivity contribution is 0.503. The number of rotatable bonds is 0. The van der Waals surface area contributed by atoms with E-state index < -0.39 is 11.6 Å². The summed E-state index contributed by atoms with van der Waals surface area (Å²) in [5.41, 5.74) is 0.949. The molecule has 0 bridgehead atoms. The van der Waals surface area contributed by atoms with Crippen molar-refractivity contribution < 1.29 is 8.78 Å². The summed E-state index contributed by atoms with van der Waals surface area (Å²) in [6, 6.07) is 2.62. The first-order valence-electron chi connectivity index (χ1n) is 3.88. The molecule has 0 nitrogen and oxygen atoms in total. The van der Waals surface area contributed by atoms with Gasteiger partial charge in [-0.15, -0.1) is 11.8 Å². The van der Waals surface area contributed by atoms with Crippen LogP contribution in [0.25, 0.3) is 0 Å². The smallest absolute Gasteiger partial charge is 0.159 e. The molecule has 12 heavy (non-hydrogen) atoms. The second kappa shape index (κ2) is 3.05. The van der Waals surface area contributed by atoms with Crippen LogP contribution in [0.3, 0.4) is 0 Å². The maximum absolute atomic E-state index is 12.7. The Bertz CT molecular complexity index is 279. The first-order chi connectivity index (χ1) is 5.77. The Labute approximate surface area is 74.0 Å². The van der Waals surface area contributed by atoms with Crippen molar-refractivity contribution in [1.82, 2.24) is 0 Å². The molecule has 3 heteroatoms. The molecule has 0 saturated heterocycles. The normalized spacial score (nSPS) is 15.8. The van der Waals surface area contributed by atoms with Crippen molar-refractivity contribution in [2.45, 2.75) is 17.7 Å². The highest BCUT2D eigenvalue weighted by molar-refractivity contribution is 7.99. The minimum Gasteiger partial charge on any atom is -0.204 e. The molecule has 0 saturated carbocycles. The van der Waals surface area contributed by atoms with Gasteiger partial charge in [0.25, 0.3) is 0 Å². The van der Waals surface area contributed by atoms with Crippen LogP contribution in [0.1, 0.15) is 12.0 Å². The fourth-order valence-corrected chi connectivity index (χ4v) is 2.39. The van der Waals surface area contributed by atoms with Crippen molar-refractivity contribution in [3.8, 4) is 0 Å². The van der Waals surface area contributed by atoms with Gasteiger partial charge in [0.15, 0.2) is 11.6 Å². The highest BCUT2D eigenvalue weighted by Crippen LogP contribution is 2.31. The molecule has 1 aromatic carbocycles. The molecule has 0 radical (unpaired) electrons.